The molecule has 0 bridgehead atoms. The van der Waals surface area contributed by atoms with E-state index in [9.17, 15) is 4.79 Å². The lowest BCUT2D eigenvalue weighted by Crippen LogP contribution is -2.50. The van der Waals surface area contributed by atoms with E-state index in [-0.39, 0.29) is 18.2 Å². The SMILES string of the molecule is CCC(C)(CCO)NC(=O)NCCCC(C)C. The van der Waals surface area contributed by atoms with Gasteiger partial charge < -0.3 is 15.7 Å². The number of aliphatic hydroxyl groups is 1. The number of carbonyl (C=O) groups is 1. The lowest BCUT2D eigenvalue weighted by Gasteiger charge is -2.29. The Hall–Kier alpha value is -0.770. The molecular formula is C13H28N2O2. The molecule has 0 saturated carbocycles. The summed E-state index contributed by atoms with van der Waals surface area (Å²) in [6.07, 6.45) is 3.53. The molecule has 0 aromatic carbocycles. The minimum absolute atomic E-state index is 0.0952. The van der Waals surface area contributed by atoms with Gasteiger partial charge in [-0.3, -0.25) is 0 Å². The molecule has 0 saturated heterocycles. The van der Waals surface area contributed by atoms with E-state index in [1.165, 1.54) is 0 Å². The lowest BCUT2D eigenvalue weighted by molar-refractivity contribution is 0.201. The smallest absolute Gasteiger partial charge is 0.315 e. The molecule has 17 heavy (non-hydrogen) atoms. The van der Waals surface area contributed by atoms with Crippen molar-refractivity contribution in [3.05, 3.63) is 0 Å². The van der Waals surface area contributed by atoms with Crippen LogP contribution in [0.25, 0.3) is 0 Å². The molecule has 0 aliphatic carbocycles. The van der Waals surface area contributed by atoms with E-state index >= 15 is 0 Å². The van der Waals surface area contributed by atoms with Gasteiger partial charge >= 0.3 is 6.03 Å². The number of urea groups is 1. The molecule has 2 amide bonds. The summed E-state index contributed by atoms with van der Waals surface area (Å²) in [5.74, 6) is 0.676. The van der Waals surface area contributed by atoms with Crippen LogP contribution in [0.1, 0.15) is 53.4 Å². The molecule has 0 heterocycles. The van der Waals surface area contributed by atoms with Crippen LogP contribution in [0, 0.1) is 5.92 Å². The quantitative estimate of drug-likeness (QED) is 0.574. The first-order chi connectivity index (χ1) is 7.93. The normalized spacial score (nSPS) is 14.5. The van der Waals surface area contributed by atoms with Crippen LogP contribution in [0.3, 0.4) is 0 Å². The molecular weight excluding hydrogens is 216 g/mol. The number of hydrogen-bond acceptors (Lipinski definition) is 2. The van der Waals surface area contributed by atoms with E-state index in [1.54, 1.807) is 0 Å². The second kappa shape index (κ2) is 8.34. The summed E-state index contributed by atoms with van der Waals surface area (Å²) in [7, 11) is 0. The summed E-state index contributed by atoms with van der Waals surface area (Å²) in [4.78, 5) is 11.6. The molecule has 0 spiro atoms. The maximum absolute atomic E-state index is 11.6. The fraction of sp³-hybridized carbons (Fsp3) is 0.923. The summed E-state index contributed by atoms with van der Waals surface area (Å²) in [5.41, 5.74) is -0.309. The Morgan fingerprint density at radius 3 is 2.53 bits per heavy atom. The molecule has 0 aromatic rings. The zero-order chi connectivity index (χ0) is 13.3. The van der Waals surface area contributed by atoms with Gasteiger partial charge in [0.25, 0.3) is 0 Å². The Morgan fingerprint density at radius 2 is 2.06 bits per heavy atom. The highest BCUT2D eigenvalue weighted by Crippen LogP contribution is 2.13. The topological polar surface area (TPSA) is 61.4 Å². The van der Waals surface area contributed by atoms with Crippen molar-refractivity contribution in [3.63, 3.8) is 0 Å². The molecule has 0 aliphatic heterocycles. The zero-order valence-corrected chi connectivity index (χ0v) is 11.7. The molecule has 1 atom stereocenters. The van der Waals surface area contributed by atoms with Crippen molar-refractivity contribution in [1.29, 1.82) is 0 Å². The Bertz CT molecular complexity index is 219. The summed E-state index contributed by atoms with van der Waals surface area (Å²) < 4.78 is 0. The fourth-order valence-corrected chi connectivity index (χ4v) is 1.60. The largest absolute Gasteiger partial charge is 0.396 e. The first-order valence-corrected chi connectivity index (χ1v) is 6.60. The van der Waals surface area contributed by atoms with Gasteiger partial charge in [-0.15, -0.1) is 0 Å². The van der Waals surface area contributed by atoms with Gasteiger partial charge in [0.1, 0.15) is 0 Å². The Balaban J connectivity index is 3.83. The zero-order valence-electron chi connectivity index (χ0n) is 11.7. The van der Waals surface area contributed by atoms with Crippen LogP contribution in [0.4, 0.5) is 4.79 Å². The molecule has 102 valence electrons. The van der Waals surface area contributed by atoms with E-state index < -0.39 is 0 Å². The molecule has 4 nitrogen and oxygen atoms in total. The van der Waals surface area contributed by atoms with Crippen molar-refractivity contribution >= 4 is 6.03 Å². The number of rotatable bonds is 8. The first-order valence-electron chi connectivity index (χ1n) is 6.60. The predicted molar refractivity (Wildman–Crippen MR) is 71.0 cm³/mol. The van der Waals surface area contributed by atoms with Crippen LogP contribution >= 0.6 is 0 Å². The first kappa shape index (κ1) is 16.2. The van der Waals surface area contributed by atoms with Crippen LogP contribution in [-0.4, -0.2) is 29.8 Å². The average molecular weight is 244 g/mol. The molecule has 0 aliphatic rings. The van der Waals surface area contributed by atoms with Crippen molar-refractivity contribution in [3.8, 4) is 0 Å². The van der Waals surface area contributed by atoms with Gasteiger partial charge in [-0.25, -0.2) is 4.79 Å². The average Bonchev–Trinajstić information content (AvgIpc) is 2.24. The van der Waals surface area contributed by atoms with E-state index in [1.807, 2.05) is 13.8 Å². The van der Waals surface area contributed by atoms with Gasteiger partial charge in [0.15, 0.2) is 0 Å². The van der Waals surface area contributed by atoms with Gasteiger partial charge in [-0.2, -0.15) is 0 Å². The third-order valence-electron chi connectivity index (χ3n) is 3.10. The van der Waals surface area contributed by atoms with E-state index in [0.717, 1.165) is 19.3 Å². The Kier molecular flexibility index (Phi) is 7.96. The second-order valence-electron chi connectivity index (χ2n) is 5.30. The van der Waals surface area contributed by atoms with E-state index in [0.29, 0.717) is 18.9 Å². The number of hydrogen-bond donors (Lipinski definition) is 3. The number of nitrogens with one attached hydrogen (secondary N) is 2. The summed E-state index contributed by atoms with van der Waals surface area (Å²) in [6, 6.07) is -0.133. The maximum atomic E-state index is 11.6. The van der Waals surface area contributed by atoms with Crippen molar-refractivity contribution in [2.45, 2.75) is 58.9 Å². The van der Waals surface area contributed by atoms with E-state index in [4.69, 9.17) is 5.11 Å². The van der Waals surface area contributed by atoms with Gasteiger partial charge in [-0.1, -0.05) is 20.8 Å². The van der Waals surface area contributed by atoms with Crippen molar-refractivity contribution in [2.75, 3.05) is 13.2 Å². The fourth-order valence-electron chi connectivity index (χ4n) is 1.60. The molecule has 0 fully saturated rings. The van der Waals surface area contributed by atoms with Gasteiger partial charge in [0.2, 0.25) is 0 Å². The number of carbonyl (C=O) groups excluding carboxylic acids is 1. The maximum Gasteiger partial charge on any atom is 0.315 e. The summed E-state index contributed by atoms with van der Waals surface area (Å²) in [5, 5.41) is 14.7. The molecule has 0 rings (SSSR count). The third kappa shape index (κ3) is 8.02. The predicted octanol–water partition coefficient (Wildman–Crippen LogP) is 2.27. The van der Waals surface area contributed by atoms with Crippen LogP contribution < -0.4 is 10.6 Å². The molecule has 4 heteroatoms. The standard InChI is InChI=1S/C13H28N2O2/c1-5-13(4,8-10-16)15-12(17)14-9-6-7-11(2)3/h11,16H,5-10H2,1-4H3,(H2,14,15,17). The number of aliphatic hydroxyl groups excluding tert-OH is 1. The van der Waals surface area contributed by atoms with Gasteiger partial charge in [0, 0.05) is 18.7 Å². The molecule has 3 N–H and O–H groups in total. The molecule has 0 aromatic heterocycles. The minimum Gasteiger partial charge on any atom is -0.396 e. The van der Waals surface area contributed by atoms with Gasteiger partial charge in [0.05, 0.1) is 0 Å². The minimum atomic E-state index is -0.309. The van der Waals surface area contributed by atoms with Crippen molar-refractivity contribution in [1.82, 2.24) is 10.6 Å². The third-order valence-corrected chi connectivity index (χ3v) is 3.10. The summed E-state index contributed by atoms with van der Waals surface area (Å²) in [6.45, 7) is 9.12. The van der Waals surface area contributed by atoms with Crippen molar-refractivity contribution < 1.29 is 9.90 Å². The van der Waals surface area contributed by atoms with Crippen LogP contribution in [0.15, 0.2) is 0 Å². The molecule has 0 radical (unpaired) electrons. The highest BCUT2D eigenvalue weighted by molar-refractivity contribution is 5.74. The number of amides is 2. The van der Waals surface area contributed by atoms with Gasteiger partial charge in [-0.05, 0) is 38.5 Å². The van der Waals surface area contributed by atoms with E-state index in [2.05, 4.69) is 24.5 Å². The Labute approximate surface area is 105 Å². The van der Waals surface area contributed by atoms with Crippen molar-refractivity contribution in [2.24, 2.45) is 5.92 Å². The highest BCUT2D eigenvalue weighted by atomic mass is 16.3. The Morgan fingerprint density at radius 1 is 1.41 bits per heavy atom. The summed E-state index contributed by atoms with van der Waals surface area (Å²) >= 11 is 0. The monoisotopic (exact) mass is 244 g/mol. The second-order valence-corrected chi connectivity index (χ2v) is 5.30. The van der Waals surface area contributed by atoms with Crippen LogP contribution in [0.2, 0.25) is 0 Å². The molecule has 1 unspecified atom stereocenters. The van der Waals surface area contributed by atoms with Crippen LogP contribution in [-0.2, 0) is 0 Å². The van der Waals surface area contributed by atoms with Crippen LogP contribution in [0.5, 0.6) is 0 Å². The lowest BCUT2D eigenvalue weighted by atomic mass is 9.95. The highest BCUT2D eigenvalue weighted by Gasteiger charge is 2.23.